The number of hydrogen-bond donors (Lipinski definition) is 1. The van der Waals surface area contributed by atoms with Crippen molar-refractivity contribution in [3.63, 3.8) is 0 Å². The van der Waals surface area contributed by atoms with E-state index >= 15 is 0 Å². The second-order valence-electron chi connectivity index (χ2n) is 10.3. The molecule has 9 nitrogen and oxygen atoms in total. The number of hydrogen-bond acceptors (Lipinski definition) is 6. The average molecular weight is 600 g/mol. The molecule has 0 aliphatic carbocycles. The van der Waals surface area contributed by atoms with Crippen molar-refractivity contribution < 1.29 is 27.9 Å². The Hall–Kier alpha value is -5.32. The van der Waals surface area contributed by atoms with Gasteiger partial charge >= 0.3 is 0 Å². The van der Waals surface area contributed by atoms with Crippen molar-refractivity contribution in [2.45, 2.75) is 19.0 Å². The van der Waals surface area contributed by atoms with Crippen LogP contribution in [0.25, 0.3) is 0 Å². The molecule has 0 radical (unpaired) electrons. The second-order valence-corrected chi connectivity index (χ2v) is 10.3. The van der Waals surface area contributed by atoms with Crippen LogP contribution < -0.4 is 5.73 Å². The zero-order valence-corrected chi connectivity index (χ0v) is 24.1. The van der Waals surface area contributed by atoms with Gasteiger partial charge in [-0.2, -0.15) is 0 Å². The number of nitrogens with zero attached hydrogens (tertiary/aromatic N) is 4. The van der Waals surface area contributed by atoms with Gasteiger partial charge in [-0.05, 0) is 66.1 Å². The molecule has 3 aromatic rings. The van der Waals surface area contributed by atoms with Crippen LogP contribution in [0.1, 0.15) is 34.0 Å². The van der Waals surface area contributed by atoms with E-state index in [1.165, 1.54) is 59.7 Å². The fraction of sp³-hybridized carbons (Fsp3) is 0.212. The first-order chi connectivity index (χ1) is 21.2. The molecule has 2 heterocycles. The molecular weight excluding hydrogens is 568 g/mol. The Morgan fingerprint density at radius 2 is 1.52 bits per heavy atom. The van der Waals surface area contributed by atoms with Crippen LogP contribution in [-0.4, -0.2) is 64.6 Å². The van der Waals surface area contributed by atoms with E-state index in [0.717, 1.165) is 0 Å². The normalized spacial score (nSPS) is 16.5. The highest BCUT2D eigenvalue weighted by molar-refractivity contribution is 6.09. The third-order valence-corrected chi connectivity index (χ3v) is 7.69. The number of allylic oxidation sites excluding steroid dienone is 1. The molecule has 0 atom stereocenters. The maximum Gasteiger partial charge on any atom is 0.289 e. The van der Waals surface area contributed by atoms with Crippen molar-refractivity contribution in [2.24, 2.45) is 10.7 Å². The van der Waals surface area contributed by atoms with E-state index < -0.39 is 23.1 Å². The lowest BCUT2D eigenvalue weighted by molar-refractivity contribution is -0.131. The zero-order valence-electron chi connectivity index (χ0n) is 24.1. The molecule has 1 fully saturated rings. The molecule has 3 aromatic carbocycles. The Morgan fingerprint density at radius 1 is 0.955 bits per heavy atom. The minimum atomic E-state index is -1.64. The van der Waals surface area contributed by atoms with Gasteiger partial charge in [-0.25, -0.2) is 13.8 Å². The first-order valence-corrected chi connectivity index (χ1v) is 14.0. The summed E-state index contributed by atoms with van der Waals surface area (Å²) in [6.07, 6.45) is 2.76. The molecular formula is C33H31F2N5O4. The largest absolute Gasteiger partial charge is 0.460 e. The van der Waals surface area contributed by atoms with Crippen LogP contribution in [0.4, 0.5) is 8.78 Å². The third kappa shape index (κ3) is 5.68. The fourth-order valence-electron chi connectivity index (χ4n) is 5.43. The number of benzene rings is 3. The van der Waals surface area contributed by atoms with Crippen molar-refractivity contribution in [3.05, 3.63) is 131 Å². The average Bonchev–Trinajstić information content (AvgIpc) is 3.29. The number of nitrogens with two attached hydrogens (primary N) is 1. The lowest BCUT2D eigenvalue weighted by Crippen LogP contribution is -2.51. The fourth-order valence-corrected chi connectivity index (χ4v) is 5.43. The molecule has 11 heteroatoms. The molecule has 2 aliphatic heterocycles. The summed E-state index contributed by atoms with van der Waals surface area (Å²) in [5, 5.41) is 0. The summed E-state index contributed by atoms with van der Waals surface area (Å²) in [5.74, 6) is -1.84. The van der Waals surface area contributed by atoms with Gasteiger partial charge < -0.3 is 20.3 Å². The van der Waals surface area contributed by atoms with Crippen LogP contribution in [-0.2, 0) is 26.4 Å². The van der Waals surface area contributed by atoms with Crippen molar-refractivity contribution in [1.29, 1.82) is 0 Å². The summed E-state index contributed by atoms with van der Waals surface area (Å²) >= 11 is 0. The van der Waals surface area contributed by atoms with E-state index in [9.17, 15) is 23.2 Å². The molecule has 0 aromatic heterocycles. The van der Waals surface area contributed by atoms with E-state index in [1.54, 1.807) is 47.1 Å². The SMILES string of the molecule is C=CO/C(=C\C)C(=O)N1CCN(C(=O)c2cccc(CN3C(=O)C(c4ccc(F)cc4)(c4ccc(F)cc4)N=C3N)c2)CC1. The predicted octanol–water partition coefficient (Wildman–Crippen LogP) is 3.91. The molecule has 5 rings (SSSR count). The van der Waals surface area contributed by atoms with Gasteiger partial charge in [0.15, 0.2) is 17.3 Å². The maximum atomic E-state index is 14.1. The lowest BCUT2D eigenvalue weighted by Gasteiger charge is -2.35. The van der Waals surface area contributed by atoms with Crippen molar-refractivity contribution in [1.82, 2.24) is 14.7 Å². The van der Waals surface area contributed by atoms with Crippen LogP contribution in [0.3, 0.4) is 0 Å². The monoisotopic (exact) mass is 599 g/mol. The van der Waals surface area contributed by atoms with Gasteiger partial charge in [-0.15, -0.1) is 0 Å². The first-order valence-electron chi connectivity index (χ1n) is 14.0. The summed E-state index contributed by atoms with van der Waals surface area (Å²) in [6, 6.07) is 17.6. The Morgan fingerprint density at radius 3 is 2.07 bits per heavy atom. The topological polar surface area (TPSA) is 109 Å². The van der Waals surface area contributed by atoms with Crippen molar-refractivity contribution in [3.8, 4) is 0 Å². The highest BCUT2D eigenvalue weighted by Gasteiger charge is 2.50. The number of carbonyl (C=O) groups excluding carboxylic acids is 3. The predicted molar refractivity (Wildman–Crippen MR) is 160 cm³/mol. The Balaban J connectivity index is 1.34. The first kappa shape index (κ1) is 30.1. The van der Waals surface area contributed by atoms with Crippen LogP contribution in [0.15, 0.2) is 102 Å². The van der Waals surface area contributed by atoms with E-state index in [2.05, 4.69) is 11.6 Å². The van der Waals surface area contributed by atoms with E-state index in [0.29, 0.717) is 48.4 Å². The quantitative estimate of drug-likeness (QED) is 0.312. The molecule has 44 heavy (non-hydrogen) atoms. The number of ether oxygens (including phenoxy) is 1. The van der Waals surface area contributed by atoms with Gasteiger partial charge in [0, 0.05) is 31.7 Å². The van der Waals surface area contributed by atoms with Gasteiger partial charge in [0.2, 0.25) is 0 Å². The molecule has 2 aliphatic rings. The number of carbonyl (C=O) groups is 3. The third-order valence-electron chi connectivity index (χ3n) is 7.69. The van der Waals surface area contributed by atoms with Gasteiger partial charge in [0.25, 0.3) is 17.7 Å². The van der Waals surface area contributed by atoms with Crippen molar-refractivity contribution in [2.75, 3.05) is 26.2 Å². The van der Waals surface area contributed by atoms with E-state index in [4.69, 9.17) is 10.5 Å². The smallest absolute Gasteiger partial charge is 0.289 e. The summed E-state index contributed by atoms with van der Waals surface area (Å²) in [5.41, 5.74) is 6.46. The Bertz CT molecular complexity index is 1600. The maximum absolute atomic E-state index is 14.1. The number of piperazine rings is 1. The lowest BCUT2D eigenvalue weighted by atomic mass is 9.82. The summed E-state index contributed by atoms with van der Waals surface area (Å²) in [7, 11) is 0. The number of halogens is 2. The molecule has 226 valence electrons. The van der Waals surface area contributed by atoms with Crippen LogP contribution >= 0.6 is 0 Å². The van der Waals surface area contributed by atoms with Crippen LogP contribution in [0.2, 0.25) is 0 Å². The minimum absolute atomic E-state index is 0.0111. The molecule has 0 saturated carbocycles. The van der Waals surface area contributed by atoms with Crippen LogP contribution in [0, 0.1) is 11.6 Å². The zero-order chi connectivity index (χ0) is 31.4. The van der Waals surface area contributed by atoms with Gasteiger partial charge in [-0.1, -0.05) is 43.0 Å². The molecule has 1 saturated heterocycles. The number of rotatable bonds is 8. The summed E-state index contributed by atoms with van der Waals surface area (Å²) < 4.78 is 32.8. The molecule has 0 bridgehead atoms. The number of guanidine groups is 1. The van der Waals surface area contributed by atoms with Crippen molar-refractivity contribution >= 4 is 23.7 Å². The Kier molecular flexibility index (Phi) is 8.57. The summed E-state index contributed by atoms with van der Waals surface area (Å²) in [4.78, 5) is 49.3. The molecule has 3 amide bonds. The Labute approximate surface area is 253 Å². The number of aliphatic imine (C=N–C) groups is 1. The molecule has 2 N–H and O–H groups in total. The summed E-state index contributed by atoms with van der Waals surface area (Å²) in [6.45, 7) is 6.55. The van der Waals surface area contributed by atoms with E-state index in [-0.39, 0.29) is 30.1 Å². The highest BCUT2D eigenvalue weighted by Crippen LogP contribution is 2.40. The number of amides is 3. The van der Waals surface area contributed by atoms with Gasteiger partial charge in [0.1, 0.15) is 11.6 Å². The minimum Gasteiger partial charge on any atom is -0.460 e. The second kappa shape index (κ2) is 12.5. The molecule has 0 unspecified atom stereocenters. The van der Waals surface area contributed by atoms with Crippen LogP contribution in [0.5, 0.6) is 0 Å². The standard InChI is InChI=1S/C33H31F2N5O4/c1-3-28(44-4-2)30(42)39-18-16-38(17-19-39)29(41)23-7-5-6-22(20-23)21-40-31(43)33(37-32(40)36,24-8-12-26(34)13-9-24)25-10-14-27(35)15-11-25/h3-15,20H,2,16-19,21H2,1H3,(H2,36,37)/b28-3-. The highest BCUT2D eigenvalue weighted by atomic mass is 19.1. The van der Waals surface area contributed by atoms with Gasteiger partial charge in [-0.3, -0.25) is 19.3 Å². The van der Waals surface area contributed by atoms with E-state index in [1.807, 2.05) is 0 Å². The van der Waals surface area contributed by atoms with Gasteiger partial charge in [0.05, 0.1) is 12.8 Å². The molecule has 0 spiro atoms.